The van der Waals surface area contributed by atoms with Crippen LogP contribution in [0.15, 0.2) is 0 Å². The summed E-state index contributed by atoms with van der Waals surface area (Å²) < 4.78 is 15.7. The van der Waals surface area contributed by atoms with Crippen molar-refractivity contribution in [3.05, 3.63) is 0 Å². The summed E-state index contributed by atoms with van der Waals surface area (Å²) in [5.74, 6) is 0. The van der Waals surface area contributed by atoms with Crippen molar-refractivity contribution in [3.8, 4) is 0 Å². The summed E-state index contributed by atoms with van der Waals surface area (Å²) in [6, 6.07) is 0. The molecule has 0 amide bonds. The first-order valence-electron chi connectivity index (χ1n) is 2.52. The lowest BCUT2D eigenvalue weighted by Gasteiger charge is -2.10. The van der Waals surface area contributed by atoms with Crippen LogP contribution in [0.5, 0.6) is 0 Å². The molecule has 0 aliphatic rings. The summed E-state index contributed by atoms with van der Waals surface area (Å²) in [5, 5.41) is 2.61. The van der Waals surface area contributed by atoms with Gasteiger partial charge in [-0.1, -0.05) is 6.92 Å². The zero-order valence-electron chi connectivity index (χ0n) is 5.47. The van der Waals surface area contributed by atoms with Crippen LogP contribution in [-0.4, -0.2) is 20.3 Å². The van der Waals surface area contributed by atoms with Gasteiger partial charge in [-0.3, -0.25) is 4.57 Å². The van der Waals surface area contributed by atoms with E-state index in [4.69, 9.17) is 0 Å². The van der Waals surface area contributed by atoms with Crippen molar-refractivity contribution >= 4 is 7.52 Å². The highest BCUT2D eigenvalue weighted by Gasteiger charge is 2.13. The Bertz CT molecular complexity index is 85.2. The largest absolute Gasteiger partial charge is 0.321 e. The first kappa shape index (κ1) is 8.15. The Hall–Kier alpha value is 0.150. The molecule has 0 radical (unpaired) electrons. The van der Waals surface area contributed by atoms with Crippen molar-refractivity contribution in [3.63, 3.8) is 0 Å². The van der Waals surface area contributed by atoms with Crippen molar-refractivity contribution in [1.82, 2.24) is 5.09 Å². The molecule has 8 heavy (non-hydrogen) atoms. The third-order valence-electron chi connectivity index (χ3n) is 1.05. The Morgan fingerprint density at radius 3 is 2.25 bits per heavy atom. The number of hydrogen-bond donors (Lipinski definition) is 1. The van der Waals surface area contributed by atoms with E-state index < -0.39 is 7.52 Å². The highest BCUT2D eigenvalue weighted by Crippen LogP contribution is 2.39. The van der Waals surface area contributed by atoms with E-state index in [0.29, 0.717) is 6.16 Å². The second kappa shape index (κ2) is 3.23. The maximum Gasteiger partial charge on any atom is 0.268 e. The summed E-state index contributed by atoms with van der Waals surface area (Å²) in [6.07, 6.45) is 0.542. The SMILES string of the molecule is CCP(=O)(NC)OC. The quantitative estimate of drug-likeness (QED) is 0.591. The highest BCUT2D eigenvalue weighted by atomic mass is 31.2. The van der Waals surface area contributed by atoms with E-state index in [-0.39, 0.29) is 0 Å². The molecule has 0 aromatic carbocycles. The van der Waals surface area contributed by atoms with Crippen LogP contribution in [0.25, 0.3) is 0 Å². The van der Waals surface area contributed by atoms with Crippen LogP contribution in [0.4, 0.5) is 0 Å². The topological polar surface area (TPSA) is 38.3 Å². The van der Waals surface area contributed by atoms with E-state index in [0.717, 1.165) is 0 Å². The van der Waals surface area contributed by atoms with Gasteiger partial charge in [0.25, 0.3) is 7.52 Å². The third-order valence-corrected chi connectivity index (χ3v) is 3.16. The average Bonchev–Trinajstić information content (AvgIpc) is 1.87. The zero-order chi connectivity index (χ0) is 6.62. The van der Waals surface area contributed by atoms with Gasteiger partial charge in [-0.2, -0.15) is 0 Å². The molecule has 4 heteroatoms. The first-order valence-corrected chi connectivity index (χ1v) is 4.33. The van der Waals surface area contributed by atoms with Crippen LogP contribution in [0.2, 0.25) is 0 Å². The van der Waals surface area contributed by atoms with Crippen LogP contribution in [-0.2, 0) is 9.09 Å². The number of hydrogen-bond acceptors (Lipinski definition) is 2. The monoisotopic (exact) mass is 137 g/mol. The van der Waals surface area contributed by atoms with E-state index >= 15 is 0 Å². The molecular weight excluding hydrogens is 125 g/mol. The van der Waals surface area contributed by atoms with E-state index in [1.165, 1.54) is 7.11 Å². The summed E-state index contributed by atoms with van der Waals surface area (Å²) >= 11 is 0. The summed E-state index contributed by atoms with van der Waals surface area (Å²) in [5.41, 5.74) is 0. The Labute approximate surface area is 49.9 Å². The Kier molecular flexibility index (Phi) is 3.29. The molecular formula is C4H12NO2P. The first-order chi connectivity index (χ1) is 3.68. The van der Waals surface area contributed by atoms with Crippen LogP contribution in [0, 0.1) is 0 Å². The fourth-order valence-electron chi connectivity index (χ4n) is 0.379. The molecule has 0 aliphatic heterocycles. The summed E-state index contributed by atoms with van der Waals surface area (Å²) in [4.78, 5) is 0. The molecule has 1 N–H and O–H groups in total. The Morgan fingerprint density at radius 2 is 2.25 bits per heavy atom. The van der Waals surface area contributed by atoms with Gasteiger partial charge in [-0.05, 0) is 7.05 Å². The molecule has 1 unspecified atom stereocenters. The van der Waals surface area contributed by atoms with Gasteiger partial charge < -0.3 is 4.52 Å². The van der Waals surface area contributed by atoms with E-state index in [9.17, 15) is 4.57 Å². The highest BCUT2D eigenvalue weighted by molar-refractivity contribution is 7.56. The zero-order valence-corrected chi connectivity index (χ0v) is 6.37. The molecule has 0 aliphatic carbocycles. The van der Waals surface area contributed by atoms with E-state index in [1.807, 2.05) is 6.92 Å². The van der Waals surface area contributed by atoms with Gasteiger partial charge in [0, 0.05) is 13.3 Å². The molecule has 0 aromatic heterocycles. The molecule has 0 aromatic rings. The minimum Gasteiger partial charge on any atom is -0.321 e. The fourth-order valence-corrected chi connectivity index (χ4v) is 1.14. The van der Waals surface area contributed by atoms with Gasteiger partial charge in [0.05, 0.1) is 0 Å². The van der Waals surface area contributed by atoms with Gasteiger partial charge in [0.2, 0.25) is 0 Å². The van der Waals surface area contributed by atoms with Crippen molar-refractivity contribution in [1.29, 1.82) is 0 Å². The predicted octanol–water partition coefficient (Wildman–Crippen LogP) is 1.07. The van der Waals surface area contributed by atoms with Crippen LogP contribution in [0.3, 0.4) is 0 Å². The molecule has 0 heterocycles. The summed E-state index contributed by atoms with van der Waals surface area (Å²) in [6.45, 7) is 1.82. The maximum absolute atomic E-state index is 11.0. The minimum atomic E-state index is -2.41. The maximum atomic E-state index is 11.0. The van der Waals surface area contributed by atoms with Gasteiger partial charge in [0.1, 0.15) is 0 Å². The molecule has 0 fully saturated rings. The van der Waals surface area contributed by atoms with Crippen LogP contribution in [0.1, 0.15) is 6.92 Å². The Morgan fingerprint density at radius 1 is 1.75 bits per heavy atom. The van der Waals surface area contributed by atoms with Crippen molar-refractivity contribution in [2.24, 2.45) is 0 Å². The minimum absolute atomic E-state index is 0.542. The Balaban J connectivity index is 3.79. The molecule has 1 atom stereocenters. The molecule has 0 saturated carbocycles. The fraction of sp³-hybridized carbons (Fsp3) is 1.00. The van der Waals surface area contributed by atoms with E-state index in [2.05, 4.69) is 9.61 Å². The van der Waals surface area contributed by atoms with Crippen molar-refractivity contribution < 1.29 is 9.09 Å². The number of rotatable bonds is 3. The van der Waals surface area contributed by atoms with Crippen LogP contribution < -0.4 is 5.09 Å². The lowest BCUT2D eigenvalue weighted by Crippen LogP contribution is -2.05. The molecule has 3 nitrogen and oxygen atoms in total. The number of nitrogens with one attached hydrogen (secondary N) is 1. The van der Waals surface area contributed by atoms with Gasteiger partial charge in [-0.15, -0.1) is 0 Å². The second-order valence-electron chi connectivity index (χ2n) is 1.40. The summed E-state index contributed by atoms with van der Waals surface area (Å²) in [7, 11) is 0.666. The lowest BCUT2D eigenvalue weighted by atomic mass is 11.0. The molecule has 0 bridgehead atoms. The smallest absolute Gasteiger partial charge is 0.268 e. The molecule has 0 rings (SSSR count). The van der Waals surface area contributed by atoms with Crippen molar-refractivity contribution in [2.75, 3.05) is 20.3 Å². The van der Waals surface area contributed by atoms with Crippen molar-refractivity contribution in [2.45, 2.75) is 6.92 Å². The van der Waals surface area contributed by atoms with E-state index in [1.54, 1.807) is 7.05 Å². The molecule has 0 saturated heterocycles. The van der Waals surface area contributed by atoms with Gasteiger partial charge >= 0.3 is 0 Å². The molecule has 0 spiro atoms. The third kappa shape index (κ3) is 1.95. The van der Waals surface area contributed by atoms with Crippen LogP contribution >= 0.6 is 7.52 Å². The normalized spacial score (nSPS) is 17.9. The standard InChI is InChI=1S/C4H12NO2P/c1-4-8(6,5-2)7-3/h4H2,1-3H3,(H,5,6). The predicted molar refractivity (Wildman–Crippen MR) is 34.2 cm³/mol. The average molecular weight is 137 g/mol. The molecule has 50 valence electrons. The van der Waals surface area contributed by atoms with Gasteiger partial charge in [-0.25, -0.2) is 5.09 Å². The second-order valence-corrected chi connectivity index (χ2v) is 4.19. The lowest BCUT2D eigenvalue weighted by molar-refractivity contribution is 0.387. The van der Waals surface area contributed by atoms with Gasteiger partial charge in [0.15, 0.2) is 0 Å².